The van der Waals surface area contributed by atoms with Crippen molar-refractivity contribution >= 4 is 17.6 Å². The van der Waals surface area contributed by atoms with Crippen molar-refractivity contribution < 1.29 is 14.1 Å². The van der Waals surface area contributed by atoms with E-state index in [1.54, 1.807) is 17.9 Å². The molecule has 1 N–H and O–H groups in total. The third kappa shape index (κ3) is 6.16. The predicted molar refractivity (Wildman–Crippen MR) is 116 cm³/mol. The molecule has 1 aliphatic heterocycles. The highest BCUT2D eigenvalue weighted by molar-refractivity contribution is 5.95. The van der Waals surface area contributed by atoms with Crippen molar-refractivity contribution in [3.8, 4) is 0 Å². The fourth-order valence-electron chi connectivity index (χ4n) is 3.95. The lowest BCUT2D eigenvalue weighted by Crippen LogP contribution is -2.45. The number of rotatable bonds is 9. The first kappa shape index (κ1) is 22.0. The van der Waals surface area contributed by atoms with E-state index in [4.69, 9.17) is 4.52 Å². The van der Waals surface area contributed by atoms with Crippen LogP contribution in [0.3, 0.4) is 0 Å². The van der Waals surface area contributed by atoms with Crippen LogP contribution in [0, 0.1) is 6.92 Å². The minimum absolute atomic E-state index is 0.00190. The van der Waals surface area contributed by atoms with Gasteiger partial charge in [-0.1, -0.05) is 48.8 Å². The van der Waals surface area contributed by atoms with Crippen LogP contribution >= 0.6 is 0 Å². The van der Waals surface area contributed by atoms with Crippen LogP contribution in [0.5, 0.6) is 0 Å². The van der Waals surface area contributed by atoms with Gasteiger partial charge in [-0.25, -0.2) is 0 Å². The maximum atomic E-state index is 13.4. The Morgan fingerprint density at radius 3 is 2.57 bits per heavy atom. The molecule has 0 bridgehead atoms. The van der Waals surface area contributed by atoms with Crippen molar-refractivity contribution in [3.05, 3.63) is 47.7 Å². The van der Waals surface area contributed by atoms with Gasteiger partial charge in [0.1, 0.15) is 5.76 Å². The number of anilines is 1. The van der Waals surface area contributed by atoms with Gasteiger partial charge in [-0.2, -0.15) is 0 Å². The number of benzene rings is 1. The Morgan fingerprint density at radius 2 is 1.93 bits per heavy atom. The van der Waals surface area contributed by atoms with Crippen molar-refractivity contribution in [1.29, 1.82) is 0 Å². The van der Waals surface area contributed by atoms with Crippen molar-refractivity contribution in [3.63, 3.8) is 0 Å². The molecule has 30 heavy (non-hydrogen) atoms. The SMILES string of the molecule is CCC(C(=O)N(CCN1CCCCC1)CC(=O)Nc1cc(C)on1)c1ccccc1. The van der Waals surface area contributed by atoms with E-state index in [9.17, 15) is 9.59 Å². The second-order valence-electron chi connectivity index (χ2n) is 7.90. The van der Waals surface area contributed by atoms with Crippen molar-refractivity contribution in [1.82, 2.24) is 15.0 Å². The number of aryl methyl sites for hydroxylation is 1. The molecule has 7 nitrogen and oxygen atoms in total. The molecule has 0 radical (unpaired) electrons. The average Bonchev–Trinajstić information content (AvgIpc) is 3.17. The monoisotopic (exact) mass is 412 g/mol. The van der Waals surface area contributed by atoms with Gasteiger partial charge in [-0.3, -0.25) is 9.59 Å². The molecule has 1 saturated heterocycles. The molecule has 1 aliphatic rings. The summed E-state index contributed by atoms with van der Waals surface area (Å²) in [6, 6.07) is 11.5. The Labute approximate surface area is 178 Å². The number of carbonyl (C=O) groups excluding carboxylic acids is 2. The molecule has 0 saturated carbocycles. The maximum Gasteiger partial charge on any atom is 0.245 e. The Balaban J connectivity index is 1.69. The molecule has 3 rings (SSSR count). The molecule has 7 heteroatoms. The molecular weight excluding hydrogens is 380 g/mol. The molecule has 1 fully saturated rings. The summed E-state index contributed by atoms with van der Waals surface area (Å²) in [7, 11) is 0. The smallest absolute Gasteiger partial charge is 0.245 e. The standard InChI is InChI=1S/C23H32N4O3/c1-3-20(19-10-6-4-7-11-19)23(29)27(15-14-26-12-8-5-9-13-26)17-22(28)24-21-16-18(2)30-25-21/h4,6-7,10-11,16,20H,3,5,8-9,12-15,17H2,1-2H3,(H,24,25,28). The van der Waals surface area contributed by atoms with E-state index in [0.717, 1.165) is 25.2 Å². The van der Waals surface area contributed by atoms with Gasteiger partial charge in [0, 0.05) is 19.2 Å². The predicted octanol–water partition coefficient (Wildman–Crippen LogP) is 3.43. The average molecular weight is 413 g/mol. The number of nitrogens with zero attached hydrogens (tertiary/aromatic N) is 3. The minimum atomic E-state index is -0.266. The van der Waals surface area contributed by atoms with Crippen molar-refractivity contribution in [2.75, 3.05) is 38.0 Å². The van der Waals surface area contributed by atoms with Crippen LogP contribution in [0.25, 0.3) is 0 Å². The van der Waals surface area contributed by atoms with E-state index in [-0.39, 0.29) is 24.3 Å². The molecule has 0 aliphatic carbocycles. The molecular formula is C23H32N4O3. The number of carbonyl (C=O) groups is 2. The molecule has 1 aromatic carbocycles. The molecule has 2 aromatic rings. The number of aromatic nitrogens is 1. The van der Waals surface area contributed by atoms with Gasteiger partial charge in [-0.15, -0.1) is 0 Å². The van der Waals surface area contributed by atoms with Gasteiger partial charge < -0.3 is 19.6 Å². The summed E-state index contributed by atoms with van der Waals surface area (Å²) in [5.74, 6) is 0.467. The molecule has 2 heterocycles. The van der Waals surface area contributed by atoms with E-state index in [2.05, 4.69) is 15.4 Å². The topological polar surface area (TPSA) is 78.7 Å². The lowest BCUT2D eigenvalue weighted by atomic mass is 9.95. The van der Waals surface area contributed by atoms with Crippen LogP contribution in [-0.2, 0) is 9.59 Å². The third-order valence-corrected chi connectivity index (χ3v) is 5.58. The van der Waals surface area contributed by atoms with E-state index >= 15 is 0 Å². The fraction of sp³-hybridized carbons (Fsp3) is 0.522. The quantitative estimate of drug-likeness (QED) is 0.683. The Morgan fingerprint density at radius 1 is 1.20 bits per heavy atom. The van der Waals surface area contributed by atoms with E-state index < -0.39 is 0 Å². The molecule has 1 atom stereocenters. The number of nitrogens with one attached hydrogen (secondary N) is 1. The largest absolute Gasteiger partial charge is 0.360 e. The second kappa shape index (κ2) is 10.9. The van der Waals surface area contributed by atoms with Crippen LogP contribution in [0.1, 0.15) is 49.8 Å². The zero-order valence-corrected chi connectivity index (χ0v) is 18.0. The highest BCUT2D eigenvalue weighted by Gasteiger charge is 2.27. The maximum absolute atomic E-state index is 13.4. The number of hydrogen-bond donors (Lipinski definition) is 1. The fourth-order valence-corrected chi connectivity index (χ4v) is 3.95. The second-order valence-corrected chi connectivity index (χ2v) is 7.90. The zero-order valence-electron chi connectivity index (χ0n) is 18.0. The van der Waals surface area contributed by atoms with Gasteiger partial charge in [-0.05, 0) is 44.8 Å². The molecule has 1 unspecified atom stereocenters. The van der Waals surface area contributed by atoms with Crippen molar-refractivity contribution in [2.45, 2.75) is 45.4 Å². The first-order chi connectivity index (χ1) is 14.6. The lowest BCUT2D eigenvalue weighted by molar-refractivity contribution is -0.136. The first-order valence-electron chi connectivity index (χ1n) is 10.9. The summed E-state index contributed by atoms with van der Waals surface area (Å²) in [6.07, 6.45) is 4.35. The number of piperidine rings is 1. The lowest BCUT2D eigenvalue weighted by Gasteiger charge is -2.31. The Bertz CT molecular complexity index is 815. The summed E-state index contributed by atoms with van der Waals surface area (Å²) in [5.41, 5.74) is 0.987. The summed E-state index contributed by atoms with van der Waals surface area (Å²) >= 11 is 0. The minimum Gasteiger partial charge on any atom is -0.360 e. The summed E-state index contributed by atoms with van der Waals surface area (Å²) < 4.78 is 5.01. The number of hydrogen-bond acceptors (Lipinski definition) is 5. The molecule has 2 amide bonds. The highest BCUT2D eigenvalue weighted by Crippen LogP contribution is 2.22. The normalized spacial score (nSPS) is 15.5. The van der Waals surface area contributed by atoms with Crippen LogP contribution in [0.4, 0.5) is 5.82 Å². The van der Waals surface area contributed by atoms with Gasteiger partial charge in [0.05, 0.1) is 12.5 Å². The Kier molecular flexibility index (Phi) is 8.02. The van der Waals surface area contributed by atoms with E-state index in [1.165, 1.54) is 19.3 Å². The summed E-state index contributed by atoms with van der Waals surface area (Å²) in [4.78, 5) is 30.1. The first-order valence-corrected chi connectivity index (χ1v) is 10.9. The molecule has 0 spiro atoms. The van der Waals surface area contributed by atoms with E-state index in [0.29, 0.717) is 24.5 Å². The number of likely N-dealkylation sites (tertiary alicyclic amines) is 1. The van der Waals surface area contributed by atoms with Crippen LogP contribution in [0.2, 0.25) is 0 Å². The van der Waals surface area contributed by atoms with Crippen LogP contribution in [0.15, 0.2) is 40.9 Å². The van der Waals surface area contributed by atoms with Crippen LogP contribution in [-0.4, -0.2) is 59.5 Å². The zero-order chi connectivity index (χ0) is 21.3. The van der Waals surface area contributed by atoms with Crippen LogP contribution < -0.4 is 5.32 Å². The highest BCUT2D eigenvalue weighted by atomic mass is 16.5. The van der Waals surface area contributed by atoms with Crippen molar-refractivity contribution in [2.24, 2.45) is 0 Å². The molecule has 162 valence electrons. The van der Waals surface area contributed by atoms with Gasteiger partial charge in [0.15, 0.2) is 5.82 Å². The van der Waals surface area contributed by atoms with E-state index in [1.807, 2.05) is 37.3 Å². The van der Waals surface area contributed by atoms with Gasteiger partial charge >= 0.3 is 0 Å². The summed E-state index contributed by atoms with van der Waals surface area (Å²) in [6.45, 7) is 7.22. The van der Waals surface area contributed by atoms with Gasteiger partial charge in [0.25, 0.3) is 0 Å². The summed E-state index contributed by atoms with van der Waals surface area (Å²) in [5, 5.41) is 6.54. The van der Waals surface area contributed by atoms with Gasteiger partial charge in [0.2, 0.25) is 11.8 Å². The third-order valence-electron chi connectivity index (χ3n) is 5.58. The molecule has 1 aromatic heterocycles. The Hall–Kier alpha value is -2.67. The number of amides is 2.